The summed E-state index contributed by atoms with van der Waals surface area (Å²) in [6.07, 6.45) is -3.58. The van der Waals surface area contributed by atoms with Crippen LogP contribution in [0, 0.1) is 0 Å². The minimum Gasteiger partial charge on any atom is -0.480 e. The lowest BCUT2D eigenvalue weighted by Gasteiger charge is -2.43. The number of aliphatic hydroxyl groups excluding tert-OH is 2. The Kier molecular flexibility index (Phi) is 4.50. The second kappa shape index (κ2) is 7.02. The summed E-state index contributed by atoms with van der Waals surface area (Å²) in [6, 6.07) is -0.883. The summed E-state index contributed by atoms with van der Waals surface area (Å²) >= 11 is 1.26. The molecule has 6 unspecified atom stereocenters. The number of allylic oxidation sites excluding steroid dienone is 7. The molecule has 12 heteroatoms. The molecule has 11 nitrogen and oxygen atoms in total. The molecule has 0 aromatic rings. The van der Waals surface area contributed by atoms with E-state index in [0.717, 1.165) is 6.08 Å². The molecule has 6 atom stereocenters. The van der Waals surface area contributed by atoms with Crippen LogP contribution in [0.2, 0.25) is 0 Å². The quantitative estimate of drug-likeness (QED) is 0.348. The monoisotopic (exact) mass is 501 g/mol. The average molecular weight is 501 g/mol. The van der Waals surface area contributed by atoms with E-state index in [1.165, 1.54) is 23.6 Å². The van der Waals surface area contributed by atoms with Crippen molar-refractivity contribution < 1.29 is 49.1 Å². The lowest BCUT2D eigenvalue weighted by molar-refractivity contribution is -0.299. The van der Waals surface area contributed by atoms with E-state index >= 15 is 0 Å². The Balaban J connectivity index is 1.54. The standard InChI is InChI=1S/C23H19NO10S/c1-6-13-8(4-12-24(6)10(5-35-12)21(30)31)14-9(17(13)27)3-11(25)15-19(18(14)28)34-22-23(15,32)20(29)16(26)7(2)33-22/h3-4,7,10,16,20,22,26,29,32H,5H2,1-2H3,(H,30,31). The molecule has 0 spiro atoms. The maximum absolute atomic E-state index is 13.7. The van der Waals surface area contributed by atoms with Gasteiger partial charge in [-0.1, -0.05) is 0 Å². The molecule has 2 saturated heterocycles. The number of carboxylic acid groups (broad SMARTS) is 1. The third kappa shape index (κ3) is 2.60. The molecule has 0 saturated carbocycles. The molecule has 35 heavy (non-hydrogen) atoms. The number of carboxylic acids is 1. The Bertz CT molecular complexity index is 1340. The number of carbonyl (C=O) groups is 4. The fourth-order valence-electron chi connectivity index (χ4n) is 5.48. The molecule has 0 aromatic carbocycles. The van der Waals surface area contributed by atoms with E-state index in [9.17, 15) is 39.6 Å². The summed E-state index contributed by atoms with van der Waals surface area (Å²) in [4.78, 5) is 53.7. The third-order valence-corrected chi connectivity index (χ3v) is 8.35. The predicted molar refractivity (Wildman–Crippen MR) is 116 cm³/mol. The zero-order chi connectivity index (χ0) is 25.1. The highest BCUT2D eigenvalue weighted by molar-refractivity contribution is 8.03. The molecule has 2 aliphatic carbocycles. The number of nitrogens with zero attached hydrogens (tertiary/aromatic N) is 1. The molecule has 4 N–H and O–H groups in total. The van der Waals surface area contributed by atoms with Crippen LogP contribution in [0.15, 0.2) is 56.5 Å². The fraction of sp³-hybridized carbons (Fsp3) is 0.391. The van der Waals surface area contributed by atoms with Crippen LogP contribution < -0.4 is 0 Å². The summed E-state index contributed by atoms with van der Waals surface area (Å²) in [5.41, 5.74) is -2.73. The van der Waals surface area contributed by atoms with Crippen LogP contribution in [-0.2, 0) is 28.7 Å². The van der Waals surface area contributed by atoms with Crippen molar-refractivity contribution in [2.45, 2.75) is 50.1 Å². The van der Waals surface area contributed by atoms with E-state index in [2.05, 4.69) is 0 Å². The van der Waals surface area contributed by atoms with Crippen LogP contribution in [-0.4, -0.2) is 90.6 Å². The molecule has 0 amide bonds. The van der Waals surface area contributed by atoms with Gasteiger partial charge in [0.1, 0.15) is 18.2 Å². The minimum absolute atomic E-state index is 0.112. The lowest BCUT2D eigenvalue weighted by atomic mass is 9.79. The molecule has 4 aliphatic heterocycles. The smallest absolute Gasteiger partial charge is 0.327 e. The first-order chi connectivity index (χ1) is 16.5. The number of hydrogen-bond donors (Lipinski definition) is 4. The Morgan fingerprint density at radius 2 is 1.89 bits per heavy atom. The van der Waals surface area contributed by atoms with Gasteiger partial charge < -0.3 is 34.8 Å². The minimum atomic E-state index is -2.52. The zero-order valence-corrected chi connectivity index (χ0v) is 19.2. The van der Waals surface area contributed by atoms with Gasteiger partial charge >= 0.3 is 5.97 Å². The van der Waals surface area contributed by atoms with E-state index < -0.39 is 70.9 Å². The fourth-order valence-corrected chi connectivity index (χ4v) is 6.71. The van der Waals surface area contributed by atoms with E-state index in [0.29, 0.717) is 10.7 Å². The second-order valence-corrected chi connectivity index (χ2v) is 10.1. The molecule has 2 fully saturated rings. The van der Waals surface area contributed by atoms with Crippen LogP contribution in [0.4, 0.5) is 0 Å². The largest absolute Gasteiger partial charge is 0.480 e. The van der Waals surface area contributed by atoms with Crippen LogP contribution >= 0.6 is 11.8 Å². The summed E-state index contributed by atoms with van der Waals surface area (Å²) in [5.74, 6) is -3.80. The van der Waals surface area contributed by atoms with Crippen molar-refractivity contribution in [3.63, 3.8) is 0 Å². The Morgan fingerprint density at radius 1 is 1.17 bits per heavy atom. The van der Waals surface area contributed by atoms with E-state index in [-0.39, 0.29) is 28.0 Å². The van der Waals surface area contributed by atoms with E-state index in [1.54, 1.807) is 13.0 Å². The first-order valence-corrected chi connectivity index (χ1v) is 11.8. The molecule has 0 bridgehead atoms. The normalized spacial score (nSPS) is 37.9. The number of thioether (sulfide) groups is 1. The highest BCUT2D eigenvalue weighted by Crippen LogP contribution is 2.51. The molecule has 182 valence electrons. The highest BCUT2D eigenvalue weighted by atomic mass is 32.2. The van der Waals surface area contributed by atoms with Gasteiger partial charge in [-0.15, -0.1) is 11.8 Å². The number of rotatable bonds is 1. The number of ether oxygens (including phenoxy) is 2. The highest BCUT2D eigenvalue weighted by Gasteiger charge is 2.65. The number of hydrogen-bond acceptors (Lipinski definition) is 11. The lowest BCUT2D eigenvalue weighted by Crippen LogP contribution is -2.65. The molecular formula is C23H19NO10S. The Morgan fingerprint density at radius 3 is 2.57 bits per heavy atom. The Labute approximate surface area is 201 Å². The first-order valence-electron chi connectivity index (χ1n) is 10.8. The predicted octanol–water partition coefficient (Wildman–Crippen LogP) is -0.943. The maximum Gasteiger partial charge on any atom is 0.327 e. The van der Waals surface area contributed by atoms with E-state index in [4.69, 9.17) is 9.47 Å². The van der Waals surface area contributed by atoms with Crippen molar-refractivity contribution in [2.75, 3.05) is 5.75 Å². The van der Waals surface area contributed by atoms with Gasteiger partial charge in [0.05, 0.1) is 16.7 Å². The van der Waals surface area contributed by atoms with Crippen molar-refractivity contribution >= 4 is 35.1 Å². The number of Topliss-reactive ketones (excluding diaryl/α,β-unsaturated/α-hetero) is 2. The van der Waals surface area contributed by atoms with Gasteiger partial charge in [-0.05, 0) is 26.0 Å². The molecule has 0 radical (unpaired) electrons. The number of carbonyl (C=O) groups excluding carboxylic acids is 3. The van der Waals surface area contributed by atoms with Crippen LogP contribution in [0.3, 0.4) is 0 Å². The first kappa shape index (κ1) is 22.4. The summed E-state index contributed by atoms with van der Waals surface area (Å²) < 4.78 is 11.0. The molecular weight excluding hydrogens is 482 g/mol. The number of aliphatic carboxylic acids is 1. The van der Waals surface area contributed by atoms with Crippen LogP contribution in [0.1, 0.15) is 13.8 Å². The number of aliphatic hydroxyl groups is 3. The zero-order valence-electron chi connectivity index (χ0n) is 18.3. The topological polar surface area (TPSA) is 171 Å². The van der Waals surface area contributed by atoms with Gasteiger partial charge in [-0.2, -0.15) is 0 Å². The molecule has 0 aromatic heterocycles. The van der Waals surface area contributed by atoms with Crippen LogP contribution in [0.5, 0.6) is 0 Å². The van der Waals surface area contributed by atoms with Gasteiger partial charge in [0.2, 0.25) is 12.1 Å². The van der Waals surface area contributed by atoms with E-state index in [1.807, 2.05) is 0 Å². The average Bonchev–Trinajstić information content (AvgIpc) is 3.42. The summed E-state index contributed by atoms with van der Waals surface area (Å²) in [5, 5.41) is 42.3. The van der Waals surface area contributed by atoms with Gasteiger partial charge in [0.15, 0.2) is 22.9 Å². The van der Waals surface area contributed by atoms with Gasteiger partial charge in [-0.25, -0.2) is 4.79 Å². The van der Waals surface area contributed by atoms with Crippen molar-refractivity contribution in [1.29, 1.82) is 0 Å². The summed E-state index contributed by atoms with van der Waals surface area (Å²) in [6.45, 7) is 3.02. The van der Waals surface area contributed by atoms with Crippen molar-refractivity contribution in [1.82, 2.24) is 4.90 Å². The summed E-state index contributed by atoms with van der Waals surface area (Å²) in [7, 11) is 0. The van der Waals surface area contributed by atoms with Gasteiger partial charge in [0.25, 0.3) is 0 Å². The maximum atomic E-state index is 13.7. The second-order valence-electron chi connectivity index (χ2n) is 9.10. The van der Waals surface area contributed by atoms with Gasteiger partial charge in [-0.3, -0.25) is 14.4 Å². The molecule has 6 rings (SSSR count). The van der Waals surface area contributed by atoms with Crippen molar-refractivity contribution in [3.05, 3.63) is 56.5 Å². The van der Waals surface area contributed by atoms with Crippen LogP contribution in [0.25, 0.3) is 0 Å². The molecule has 4 heterocycles. The van der Waals surface area contributed by atoms with Crippen molar-refractivity contribution in [2.24, 2.45) is 0 Å². The number of fused-ring (bicyclic) bond motifs is 5. The molecule has 6 aliphatic rings. The SMILES string of the molecule is CC1=C2C(=O)C3=CC(=O)C4=C(OC5OC(C)C(O)C(O)C45O)C(=O)C3=C2C=C2SCC(C(=O)O)N21. The number of ketones is 3. The van der Waals surface area contributed by atoms with Crippen molar-refractivity contribution in [3.8, 4) is 0 Å². The van der Waals surface area contributed by atoms with Gasteiger partial charge in [0, 0.05) is 33.7 Å². The third-order valence-electron chi connectivity index (χ3n) is 7.25. The Hall–Kier alpha value is -3.03.